The van der Waals surface area contributed by atoms with E-state index in [1.807, 2.05) is 0 Å². The molecule has 6 N–H and O–H groups in total. The van der Waals surface area contributed by atoms with E-state index in [1.54, 1.807) is 18.2 Å². The number of rotatable bonds is 9. The normalized spacial score (nSPS) is 28.5. The molecular formula is C27H36O12. The number of fused-ring (bicyclic) bond motifs is 1. The minimum atomic E-state index is -1.49. The molecule has 12 nitrogen and oxygen atoms in total. The summed E-state index contributed by atoms with van der Waals surface area (Å²) in [6.45, 7) is -0.504. The molecule has 1 aliphatic heterocycles. The summed E-state index contributed by atoms with van der Waals surface area (Å²) in [4.78, 5) is 0. The monoisotopic (exact) mass is 552 g/mol. The van der Waals surface area contributed by atoms with E-state index >= 15 is 0 Å². The molecule has 0 radical (unpaired) electrons. The van der Waals surface area contributed by atoms with Crippen molar-refractivity contribution in [3.05, 3.63) is 34.9 Å². The molecule has 1 saturated heterocycles. The highest BCUT2D eigenvalue weighted by Gasteiger charge is 2.44. The van der Waals surface area contributed by atoms with Gasteiger partial charge in [-0.15, -0.1) is 0 Å². The number of aromatic hydroxyl groups is 2. The molecule has 216 valence electrons. The molecule has 2 aromatic rings. The average molecular weight is 553 g/mol. The van der Waals surface area contributed by atoms with E-state index in [0.29, 0.717) is 17.5 Å². The number of hydrogen-bond donors (Lipinski definition) is 6. The molecule has 1 heterocycles. The molecule has 2 aliphatic rings. The van der Waals surface area contributed by atoms with E-state index < -0.39 is 36.4 Å². The number of phenolic OH excluding ortho intramolecular Hbond substituents is 2. The lowest BCUT2D eigenvalue weighted by atomic mass is 9.66. The molecular weight excluding hydrogens is 516 g/mol. The lowest BCUT2D eigenvalue weighted by molar-refractivity contribution is -0.274. The van der Waals surface area contributed by atoms with Crippen LogP contribution in [-0.4, -0.2) is 104 Å². The summed E-state index contributed by atoms with van der Waals surface area (Å²) in [5, 5.41) is 62.3. The molecule has 0 saturated carbocycles. The third kappa shape index (κ3) is 5.28. The second-order valence-electron chi connectivity index (χ2n) is 9.68. The molecule has 4 rings (SSSR count). The van der Waals surface area contributed by atoms with Crippen LogP contribution in [0.25, 0.3) is 0 Å². The van der Waals surface area contributed by atoms with Crippen molar-refractivity contribution in [1.82, 2.24) is 0 Å². The van der Waals surface area contributed by atoms with Gasteiger partial charge in [-0.3, -0.25) is 0 Å². The fraction of sp³-hybridized carbons (Fsp3) is 0.556. The van der Waals surface area contributed by atoms with Crippen molar-refractivity contribution in [2.45, 2.75) is 36.9 Å². The van der Waals surface area contributed by atoms with E-state index in [4.69, 9.17) is 28.4 Å². The van der Waals surface area contributed by atoms with Crippen LogP contribution < -0.4 is 18.9 Å². The minimum Gasteiger partial charge on any atom is -0.502 e. The zero-order valence-corrected chi connectivity index (χ0v) is 22.2. The van der Waals surface area contributed by atoms with Crippen LogP contribution in [-0.2, 0) is 15.9 Å². The van der Waals surface area contributed by atoms with E-state index in [1.165, 1.54) is 28.4 Å². The number of hydrogen-bond acceptors (Lipinski definition) is 12. The van der Waals surface area contributed by atoms with Gasteiger partial charge in [0.25, 0.3) is 0 Å². The SMILES string of the molecule is COc1cc([C@@H]2c3c(cc(OC)c(O)c3OC)C[C@H](CO)[C@@H]2CO[C@@H]2OC[C@H](O)[C@H](O)[C@@H]2O)cc(OC)c1O. The van der Waals surface area contributed by atoms with Gasteiger partial charge in [-0.2, -0.15) is 0 Å². The van der Waals surface area contributed by atoms with Crippen LogP contribution in [0, 0.1) is 11.8 Å². The Morgan fingerprint density at radius 2 is 1.46 bits per heavy atom. The zero-order chi connectivity index (χ0) is 28.4. The van der Waals surface area contributed by atoms with Crippen molar-refractivity contribution >= 4 is 0 Å². The molecule has 2 aromatic carbocycles. The summed E-state index contributed by atoms with van der Waals surface area (Å²) in [7, 11) is 5.66. The Hall–Kier alpha value is -3.00. The first kappa shape index (κ1) is 29.0. The minimum absolute atomic E-state index is 0.0542. The van der Waals surface area contributed by atoms with Crippen LogP contribution in [0.3, 0.4) is 0 Å². The highest BCUT2D eigenvalue weighted by Crippen LogP contribution is 2.54. The van der Waals surface area contributed by atoms with Crippen LogP contribution in [0.15, 0.2) is 18.2 Å². The van der Waals surface area contributed by atoms with Gasteiger partial charge >= 0.3 is 0 Å². The summed E-state index contributed by atoms with van der Waals surface area (Å²) in [6.07, 6.45) is -5.04. The van der Waals surface area contributed by atoms with Gasteiger partial charge in [0.05, 0.1) is 41.7 Å². The summed E-state index contributed by atoms with van der Waals surface area (Å²) < 4.78 is 33.2. The van der Waals surface area contributed by atoms with Crippen molar-refractivity contribution < 1.29 is 59.1 Å². The summed E-state index contributed by atoms with van der Waals surface area (Å²) in [5.41, 5.74) is 1.99. The van der Waals surface area contributed by atoms with Crippen LogP contribution in [0.1, 0.15) is 22.6 Å². The van der Waals surface area contributed by atoms with Crippen molar-refractivity contribution in [1.29, 1.82) is 0 Å². The van der Waals surface area contributed by atoms with Gasteiger partial charge in [0.15, 0.2) is 29.3 Å². The predicted molar refractivity (Wildman–Crippen MR) is 136 cm³/mol. The van der Waals surface area contributed by atoms with Gasteiger partial charge in [0.1, 0.15) is 18.3 Å². The van der Waals surface area contributed by atoms with Crippen LogP contribution in [0.4, 0.5) is 0 Å². The molecule has 7 atom stereocenters. The number of benzene rings is 2. The third-order valence-electron chi connectivity index (χ3n) is 7.60. The Morgan fingerprint density at radius 1 is 0.846 bits per heavy atom. The molecule has 0 unspecified atom stereocenters. The van der Waals surface area contributed by atoms with Gasteiger partial charge in [0, 0.05) is 18.1 Å². The van der Waals surface area contributed by atoms with Crippen LogP contribution in [0.2, 0.25) is 0 Å². The van der Waals surface area contributed by atoms with Gasteiger partial charge in [-0.25, -0.2) is 0 Å². The zero-order valence-electron chi connectivity index (χ0n) is 22.2. The average Bonchev–Trinajstić information content (AvgIpc) is 2.94. The Kier molecular flexibility index (Phi) is 8.94. The largest absolute Gasteiger partial charge is 0.502 e. The number of aliphatic hydroxyl groups is 4. The second-order valence-corrected chi connectivity index (χ2v) is 9.68. The summed E-state index contributed by atoms with van der Waals surface area (Å²) in [5.74, 6) is -1.16. The number of phenols is 2. The van der Waals surface area contributed by atoms with Crippen molar-refractivity contribution in [2.24, 2.45) is 11.8 Å². The third-order valence-corrected chi connectivity index (χ3v) is 7.60. The Morgan fingerprint density at radius 3 is 2.03 bits per heavy atom. The molecule has 1 aliphatic carbocycles. The van der Waals surface area contributed by atoms with Gasteiger partial charge in [-0.1, -0.05) is 0 Å². The molecule has 39 heavy (non-hydrogen) atoms. The molecule has 0 aromatic heterocycles. The lowest BCUT2D eigenvalue weighted by Crippen LogP contribution is -2.54. The van der Waals surface area contributed by atoms with Gasteiger partial charge in [0.2, 0.25) is 11.5 Å². The summed E-state index contributed by atoms with van der Waals surface area (Å²) in [6, 6.07) is 4.96. The van der Waals surface area contributed by atoms with Gasteiger partial charge < -0.3 is 59.1 Å². The summed E-state index contributed by atoms with van der Waals surface area (Å²) >= 11 is 0. The predicted octanol–water partition coefficient (Wildman–Crippen LogP) is 0.500. The highest BCUT2D eigenvalue weighted by molar-refractivity contribution is 5.64. The Labute approximate surface area is 225 Å². The van der Waals surface area contributed by atoms with Crippen molar-refractivity contribution in [3.8, 4) is 34.5 Å². The standard InChI is InChI=1S/C27H36O12/c1-34-17-7-13(8-18(35-2)23(17)31)20-15(10-38-27-25(33)22(30)16(29)11-39-27)14(9-28)5-12-6-19(36-3)24(32)26(37-4)21(12)20/h6-8,14-16,20,22,25,27-33H,5,9-11H2,1-4H3/t14-,15+,16+,20+,22+,25+,27-/m1/s1. The van der Waals surface area contributed by atoms with E-state index in [9.17, 15) is 30.6 Å². The van der Waals surface area contributed by atoms with Crippen LogP contribution >= 0.6 is 0 Å². The molecule has 12 heteroatoms. The first-order valence-electron chi connectivity index (χ1n) is 12.5. The Bertz CT molecular complexity index is 1130. The molecule has 1 fully saturated rings. The number of methoxy groups -OCH3 is 4. The second kappa shape index (κ2) is 12.0. The van der Waals surface area contributed by atoms with Gasteiger partial charge in [-0.05, 0) is 47.6 Å². The molecule has 0 spiro atoms. The maximum Gasteiger partial charge on any atom is 0.201 e. The number of ether oxygens (including phenoxy) is 6. The number of aliphatic hydroxyl groups excluding tert-OH is 4. The van der Waals surface area contributed by atoms with Crippen LogP contribution in [0.5, 0.6) is 34.5 Å². The first-order valence-corrected chi connectivity index (χ1v) is 12.5. The first-order chi connectivity index (χ1) is 18.7. The van der Waals surface area contributed by atoms with E-state index in [2.05, 4.69) is 0 Å². The van der Waals surface area contributed by atoms with Crippen molar-refractivity contribution in [3.63, 3.8) is 0 Å². The molecule has 0 amide bonds. The topological polar surface area (TPSA) is 177 Å². The maximum absolute atomic E-state index is 11.0. The lowest BCUT2D eigenvalue weighted by Gasteiger charge is -2.42. The fourth-order valence-electron chi connectivity index (χ4n) is 5.55. The van der Waals surface area contributed by atoms with E-state index in [-0.39, 0.29) is 60.2 Å². The fourth-order valence-corrected chi connectivity index (χ4v) is 5.55. The maximum atomic E-state index is 11.0. The van der Waals surface area contributed by atoms with E-state index in [0.717, 1.165) is 5.56 Å². The smallest absolute Gasteiger partial charge is 0.201 e. The Balaban J connectivity index is 1.86. The quantitative estimate of drug-likeness (QED) is 0.254. The highest BCUT2D eigenvalue weighted by atomic mass is 16.7. The van der Waals surface area contributed by atoms with Crippen molar-refractivity contribution in [2.75, 3.05) is 48.3 Å². The molecule has 0 bridgehead atoms.